The number of benzene rings is 2. The van der Waals surface area contributed by atoms with Crippen LogP contribution in [0.1, 0.15) is 44.2 Å². The van der Waals surface area contributed by atoms with E-state index in [-0.39, 0.29) is 26.1 Å². The first-order valence-corrected chi connectivity index (χ1v) is 14.9. The van der Waals surface area contributed by atoms with Gasteiger partial charge >= 0.3 is 12.1 Å². The normalized spacial score (nSPS) is 27.1. The lowest BCUT2D eigenvalue weighted by molar-refractivity contribution is -0.253. The predicted molar refractivity (Wildman–Crippen MR) is 164 cm³/mol. The third-order valence-corrected chi connectivity index (χ3v) is 8.03. The van der Waals surface area contributed by atoms with E-state index < -0.39 is 60.7 Å². The lowest BCUT2D eigenvalue weighted by Gasteiger charge is -2.45. The van der Waals surface area contributed by atoms with Gasteiger partial charge in [-0.05, 0) is 47.0 Å². The van der Waals surface area contributed by atoms with Gasteiger partial charge in [0.1, 0.15) is 18.8 Å². The summed E-state index contributed by atoms with van der Waals surface area (Å²) in [4.78, 5) is 35.8. The highest BCUT2D eigenvalue weighted by molar-refractivity contribution is 5.67. The molecule has 1 aliphatic carbocycles. The summed E-state index contributed by atoms with van der Waals surface area (Å²) >= 11 is 0. The van der Waals surface area contributed by atoms with E-state index in [9.17, 15) is 20.7 Å². The topological polar surface area (TPSA) is 221 Å². The summed E-state index contributed by atoms with van der Waals surface area (Å²) in [5.74, 6) is -1.10. The van der Waals surface area contributed by atoms with E-state index >= 15 is 0 Å². The van der Waals surface area contributed by atoms with Crippen molar-refractivity contribution in [3.8, 4) is 0 Å². The van der Waals surface area contributed by atoms with E-state index in [0.717, 1.165) is 11.1 Å². The second-order valence-electron chi connectivity index (χ2n) is 11.2. The molecular formula is C30H36N10O6. The van der Waals surface area contributed by atoms with Crippen LogP contribution in [0.4, 0.5) is 4.79 Å². The van der Waals surface area contributed by atoms with Crippen molar-refractivity contribution in [3.05, 3.63) is 103 Å². The smallest absolute Gasteiger partial charge is 0.410 e. The molecule has 4 rings (SSSR count). The van der Waals surface area contributed by atoms with Gasteiger partial charge in [0.25, 0.3) is 0 Å². The van der Waals surface area contributed by atoms with Gasteiger partial charge in [-0.2, -0.15) is 0 Å². The SMILES string of the molecule is CC(=O)O[C@@H]1[C@@H](C)[C@H](N=[N+]=[N-])C[C@H](N=[N+]=[N-])[C@H]1O[C@H]1O[C@H](CN(Cc2ccccc2)C(=O)OCc2ccccc2)CC[C@H]1N=[N+]=[N-]. The summed E-state index contributed by atoms with van der Waals surface area (Å²) in [5.41, 5.74) is 29.4. The van der Waals surface area contributed by atoms with Crippen molar-refractivity contribution in [1.82, 2.24) is 4.90 Å². The summed E-state index contributed by atoms with van der Waals surface area (Å²) in [6, 6.07) is 16.5. The van der Waals surface area contributed by atoms with Crippen LogP contribution in [0, 0.1) is 5.92 Å². The minimum atomic E-state index is -1.13. The third-order valence-electron chi connectivity index (χ3n) is 8.03. The molecule has 2 aromatic carbocycles. The number of azide groups is 3. The maximum atomic E-state index is 13.4. The fourth-order valence-electron chi connectivity index (χ4n) is 5.76. The van der Waals surface area contributed by atoms with Crippen LogP contribution in [0.3, 0.4) is 0 Å². The maximum Gasteiger partial charge on any atom is 0.410 e. The second kappa shape index (κ2) is 16.9. The lowest BCUT2D eigenvalue weighted by atomic mass is 9.79. The number of rotatable bonds is 12. The van der Waals surface area contributed by atoms with E-state index in [1.807, 2.05) is 60.7 Å². The van der Waals surface area contributed by atoms with E-state index in [1.54, 1.807) is 11.8 Å². The molecule has 2 fully saturated rings. The molecule has 1 amide bonds. The molecule has 16 heteroatoms. The first-order valence-electron chi connectivity index (χ1n) is 14.9. The maximum absolute atomic E-state index is 13.4. The standard InChI is InChI=1S/C30H36N10O6/c1-19-25(35-38-32)15-26(36-39-33)28(27(19)44-20(2)41)46-29-24(34-37-31)14-13-23(45-29)17-40(16-21-9-5-3-6-10-21)30(42)43-18-22-11-7-4-8-12-22/h3-12,19,23-29H,13-18H2,1-2H3/t19-,23-,24+,25+,26-,27+,28+,29+/m0/s1. The Hall–Kier alpha value is -4.97. The minimum Gasteiger partial charge on any atom is -0.459 e. The number of hydrogen-bond acceptors (Lipinski definition) is 9. The lowest BCUT2D eigenvalue weighted by Crippen LogP contribution is -2.56. The fourth-order valence-corrected chi connectivity index (χ4v) is 5.76. The summed E-state index contributed by atoms with van der Waals surface area (Å²) in [7, 11) is 0. The van der Waals surface area contributed by atoms with Gasteiger partial charge < -0.3 is 23.8 Å². The third kappa shape index (κ3) is 9.27. The van der Waals surface area contributed by atoms with Gasteiger partial charge in [0.05, 0.1) is 24.7 Å². The van der Waals surface area contributed by atoms with E-state index in [0.29, 0.717) is 12.8 Å². The number of nitrogens with zero attached hydrogens (tertiary/aromatic N) is 10. The van der Waals surface area contributed by atoms with E-state index in [2.05, 4.69) is 30.1 Å². The quantitative estimate of drug-likeness (QED) is 0.107. The number of ether oxygens (including phenoxy) is 4. The highest BCUT2D eigenvalue weighted by Gasteiger charge is 2.47. The highest BCUT2D eigenvalue weighted by atomic mass is 16.7. The molecule has 16 nitrogen and oxygen atoms in total. The minimum absolute atomic E-state index is 0.0935. The molecular weight excluding hydrogens is 596 g/mol. The van der Waals surface area contributed by atoms with Crippen LogP contribution in [-0.4, -0.2) is 66.2 Å². The zero-order valence-corrected chi connectivity index (χ0v) is 25.6. The molecule has 1 saturated carbocycles. The van der Waals surface area contributed by atoms with Crippen LogP contribution in [-0.2, 0) is 36.9 Å². The van der Waals surface area contributed by atoms with Crippen molar-refractivity contribution in [1.29, 1.82) is 0 Å². The Balaban J connectivity index is 1.56. The average molecular weight is 633 g/mol. The Labute approximate surface area is 265 Å². The predicted octanol–water partition coefficient (Wildman–Crippen LogP) is 6.72. The van der Waals surface area contributed by atoms with Crippen LogP contribution >= 0.6 is 0 Å². The van der Waals surface area contributed by atoms with Gasteiger partial charge in [0.2, 0.25) is 0 Å². The Morgan fingerprint density at radius 1 is 0.870 bits per heavy atom. The van der Waals surface area contributed by atoms with Crippen LogP contribution in [0.15, 0.2) is 76.0 Å². The van der Waals surface area contributed by atoms with Gasteiger partial charge in [0, 0.05) is 40.2 Å². The van der Waals surface area contributed by atoms with Gasteiger partial charge in [0.15, 0.2) is 6.29 Å². The van der Waals surface area contributed by atoms with Crippen molar-refractivity contribution in [2.24, 2.45) is 21.3 Å². The van der Waals surface area contributed by atoms with Crippen LogP contribution < -0.4 is 0 Å². The fraction of sp³-hybridized carbons (Fsp3) is 0.533. The molecule has 2 aliphatic rings. The zero-order valence-electron chi connectivity index (χ0n) is 25.6. The Kier molecular flexibility index (Phi) is 12.5. The van der Waals surface area contributed by atoms with Crippen molar-refractivity contribution in [2.45, 2.75) is 89.0 Å². The number of carbonyl (C=O) groups is 2. The Bertz CT molecular complexity index is 1460. The van der Waals surface area contributed by atoms with Gasteiger partial charge in [-0.15, -0.1) is 0 Å². The van der Waals surface area contributed by atoms with Crippen molar-refractivity contribution in [3.63, 3.8) is 0 Å². The molecule has 1 heterocycles. The molecule has 0 N–H and O–H groups in total. The molecule has 0 radical (unpaired) electrons. The van der Waals surface area contributed by atoms with Gasteiger partial charge in [-0.3, -0.25) is 4.79 Å². The molecule has 242 valence electrons. The summed E-state index contributed by atoms with van der Waals surface area (Å²) < 4.78 is 24.0. The summed E-state index contributed by atoms with van der Waals surface area (Å²) in [6.07, 6.45) is -3.24. The number of hydrogen-bond donors (Lipinski definition) is 0. The zero-order chi connectivity index (χ0) is 32.9. The second-order valence-corrected chi connectivity index (χ2v) is 11.2. The molecule has 0 bridgehead atoms. The van der Waals surface area contributed by atoms with E-state index in [4.69, 9.17) is 24.5 Å². The molecule has 2 aromatic rings. The largest absolute Gasteiger partial charge is 0.459 e. The summed E-state index contributed by atoms with van der Waals surface area (Å²) in [5, 5.41) is 11.6. The molecule has 8 atom stereocenters. The van der Waals surface area contributed by atoms with Crippen molar-refractivity contribution < 1.29 is 28.5 Å². The Morgan fingerprint density at radius 2 is 1.48 bits per heavy atom. The molecule has 1 saturated heterocycles. The van der Waals surface area contributed by atoms with Crippen LogP contribution in [0.25, 0.3) is 31.3 Å². The van der Waals surface area contributed by atoms with Crippen LogP contribution in [0.2, 0.25) is 0 Å². The number of esters is 1. The first-order chi connectivity index (χ1) is 22.3. The van der Waals surface area contributed by atoms with E-state index in [1.165, 1.54) is 6.92 Å². The monoisotopic (exact) mass is 632 g/mol. The molecule has 46 heavy (non-hydrogen) atoms. The Morgan fingerprint density at radius 3 is 2.11 bits per heavy atom. The molecule has 0 spiro atoms. The highest BCUT2D eigenvalue weighted by Crippen LogP contribution is 2.36. The van der Waals surface area contributed by atoms with Crippen LogP contribution in [0.5, 0.6) is 0 Å². The number of amides is 1. The van der Waals surface area contributed by atoms with Gasteiger partial charge in [-0.1, -0.05) is 82.9 Å². The molecule has 0 unspecified atom stereocenters. The molecule has 1 aliphatic heterocycles. The average Bonchev–Trinajstić information content (AvgIpc) is 3.05. The van der Waals surface area contributed by atoms with Crippen molar-refractivity contribution >= 4 is 12.1 Å². The first kappa shape index (κ1) is 33.9. The summed E-state index contributed by atoms with van der Waals surface area (Å²) in [6.45, 7) is 3.47. The molecule has 0 aromatic heterocycles. The van der Waals surface area contributed by atoms with Crippen molar-refractivity contribution in [2.75, 3.05) is 6.54 Å². The number of carbonyl (C=O) groups excluding carboxylic acids is 2. The van der Waals surface area contributed by atoms with Gasteiger partial charge in [-0.25, -0.2) is 4.79 Å².